The van der Waals surface area contributed by atoms with Gasteiger partial charge in [0.15, 0.2) is 11.6 Å². The summed E-state index contributed by atoms with van der Waals surface area (Å²) in [6.45, 7) is 3.77. The number of phenolic OH excluding ortho intramolecular Hbond substituents is 1. The van der Waals surface area contributed by atoms with Crippen molar-refractivity contribution in [2.24, 2.45) is 0 Å². The zero-order chi connectivity index (χ0) is 11.6. The topological polar surface area (TPSA) is 32.3 Å². The average Bonchev–Trinajstić information content (AvgIpc) is 2.13. The molecule has 1 aromatic rings. The Morgan fingerprint density at radius 2 is 1.93 bits per heavy atom. The molecular formula is C11H15F2NO. The number of hydrogen-bond donors (Lipinski definition) is 2. The lowest BCUT2D eigenvalue weighted by Crippen LogP contribution is -2.38. The summed E-state index contributed by atoms with van der Waals surface area (Å²) in [6.07, 6.45) is 0.351. The highest BCUT2D eigenvalue weighted by Crippen LogP contribution is 2.26. The van der Waals surface area contributed by atoms with Crippen molar-refractivity contribution in [1.29, 1.82) is 0 Å². The monoisotopic (exact) mass is 215 g/mol. The van der Waals surface area contributed by atoms with E-state index in [4.69, 9.17) is 0 Å². The van der Waals surface area contributed by atoms with E-state index in [1.54, 1.807) is 7.05 Å². The van der Waals surface area contributed by atoms with Gasteiger partial charge in [0.2, 0.25) is 0 Å². The van der Waals surface area contributed by atoms with Crippen molar-refractivity contribution < 1.29 is 13.9 Å². The molecule has 0 aliphatic carbocycles. The number of benzene rings is 1. The van der Waals surface area contributed by atoms with Crippen molar-refractivity contribution >= 4 is 0 Å². The molecular weight excluding hydrogens is 200 g/mol. The molecule has 0 unspecified atom stereocenters. The normalized spacial score (nSPS) is 11.8. The third-order valence-corrected chi connectivity index (χ3v) is 2.42. The highest BCUT2D eigenvalue weighted by molar-refractivity contribution is 5.35. The Bertz CT molecular complexity index is 364. The number of rotatable bonds is 3. The van der Waals surface area contributed by atoms with Crippen molar-refractivity contribution in [2.75, 3.05) is 7.05 Å². The number of phenols is 1. The van der Waals surface area contributed by atoms with Crippen LogP contribution in [0.25, 0.3) is 0 Å². The van der Waals surface area contributed by atoms with Gasteiger partial charge in [0.05, 0.1) is 0 Å². The smallest absolute Gasteiger partial charge is 0.168 e. The standard InChI is InChI=1S/C11H15F2NO/c1-11(2,14-3)6-7-4-8(12)5-9(13)10(7)15/h4-5,14-15H,6H2,1-3H3. The predicted octanol–water partition coefficient (Wildman–Crippen LogP) is 2.21. The number of halogens is 2. The fourth-order valence-electron chi connectivity index (χ4n) is 1.32. The molecule has 1 rings (SSSR count). The lowest BCUT2D eigenvalue weighted by atomic mass is 9.94. The average molecular weight is 215 g/mol. The van der Waals surface area contributed by atoms with E-state index in [9.17, 15) is 13.9 Å². The van der Waals surface area contributed by atoms with Gasteiger partial charge in [0.1, 0.15) is 5.82 Å². The molecule has 0 amide bonds. The minimum atomic E-state index is -0.920. The van der Waals surface area contributed by atoms with Crippen LogP contribution in [0.3, 0.4) is 0 Å². The fraction of sp³-hybridized carbons (Fsp3) is 0.455. The second-order valence-electron chi connectivity index (χ2n) is 4.21. The molecule has 0 atom stereocenters. The first kappa shape index (κ1) is 11.9. The maximum atomic E-state index is 13.0. The Hall–Kier alpha value is -1.16. The molecule has 84 valence electrons. The minimum Gasteiger partial charge on any atom is -0.505 e. The maximum Gasteiger partial charge on any atom is 0.168 e. The zero-order valence-corrected chi connectivity index (χ0v) is 9.06. The van der Waals surface area contributed by atoms with E-state index in [1.807, 2.05) is 13.8 Å². The van der Waals surface area contributed by atoms with Crippen LogP contribution in [0.2, 0.25) is 0 Å². The molecule has 2 nitrogen and oxygen atoms in total. The summed E-state index contributed by atoms with van der Waals surface area (Å²) in [5.74, 6) is -2.07. The Morgan fingerprint density at radius 1 is 1.33 bits per heavy atom. The van der Waals surface area contributed by atoms with E-state index in [0.29, 0.717) is 12.5 Å². The lowest BCUT2D eigenvalue weighted by molar-refractivity contribution is 0.388. The second kappa shape index (κ2) is 4.14. The van der Waals surface area contributed by atoms with Gasteiger partial charge in [0.25, 0.3) is 0 Å². The number of nitrogens with one attached hydrogen (secondary N) is 1. The lowest BCUT2D eigenvalue weighted by Gasteiger charge is -2.24. The Morgan fingerprint density at radius 3 is 2.47 bits per heavy atom. The zero-order valence-electron chi connectivity index (χ0n) is 9.06. The van der Waals surface area contributed by atoms with Crippen molar-refractivity contribution in [2.45, 2.75) is 25.8 Å². The number of hydrogen-bond acceptors (Lipinski definition) is 2. The van der Waals surface area contributed by atoms with Gasteiger partial charge in [-0.05, 0) is 33.4 Å². The summed E-state index contributed by atoms with van der Waals surface area (Å²) in [7, 11) is 1.76. The van der Waals surface area contributed by atoms with E-state index < -0.39 is 17.4 Å². The summed E-state index contributed by atoms with van der Waals surface area (Å²) in [5, 5.41) is 12.4. The highest BCUT2D eigenvalue weighted by atomic mass is 19.1. The minimum absolute atomic E-state index is 0.270. The molecule has 0 aliphatic heterocycles. The van der Waals surface area contributed by atoms with Crippen LogP contribution in [0, 0.1) is 11.6 Å². The van der Waals surface area contributed by atoms with Gasteiger partial charge >= 0.3 is 0 Å². The number of aromatic hydroxyl groups is 1. The van der Waals surface area contributed by atoms with Gasteiger partial charge in [0, 0.05) is 17.2 Å². The number of likely N-dealkylation sites (N-methyl/N-ethyl adjacent to an activating group) is 1. The van der Waals surface area contributed by atoms with Crippen molar-refractivity contribution in [3.63, 3.8) is 0 Å². The molecule has 0 aromatic heterocycles. The predicted molar refractivity (Wildman–Crippen MR) is 54.9 cm³/mol. The quantitative estimate of drug-likeness (QED) is 0.810. The van der Waals surface area contributed by atoms with Gasteiger partial charge in [-0.2, -0.15) is 0 Å². The third kappa shape index (κ3) is 2.89. The molecule has 2 N–H and O–H groups in total. The Kier molecular flexibility index (Phi) is 3.29. The molecule has 4 heteroatoms. The third-order valence-electron chi connectivity index (χ3n) is 2.42. The highest BCUT2D eigenvalue weighted by Gasteiger charge is 2.19. The van der Waals surface area contributed by atoms with Gasteiger partial charge in [-0.15, -0.1) is 0 Å². The van der Waals surface area contributed by atoms with Crippen LogP contribution in [0.15, 0.2) is 12.1 Å². The van der Waals surface area contributed by atoms with Gasteiger partial charge < -0.3 is 10.4 Å². The van der Waals surface area contributed by atoms with E-state index in [1.165, 1.54) is 0 Å². The molecule has 0 saturated carbocycles. The molecule has 0 fully saturated rings. The molecule has 0 bridgehead atoms. The van der Waals surface area contributed by atoms with Crippen LogP contribution in [0.1, 0.15) is 19.4 Å². The molecule has 0 aliphatic rings. The first-order valence-electron chi connectivity index (χ1n) is 4.71. The van der Waals surface area contributed by atoms with E-state index in [2.05, 4.69) is 5.32 Å². The second-order valence-corrected chi connectivity index (χ2v) is 4.21. The molecule has 15 heavy (non-hydrogen) atoms. The van der Waals surface area contributed by atoms with Crippen LogP contribution in [-0.2, 0) is 6.42 Å². The largest absolute Gasteiger partial charge is 0.505 e. The molecule has 0 saturated heterocycles. The Labute approximate surface area is 87.9 Å². The van der Waals surface area contributed by atoms with Crippen LogP contribution >= 0.6 is 0 Å². The molecule has 1 aromatic carbocycles. The van der Waals surface area contributed by atoms with Gasteiger partial charge in [-0.1, -0.05) is 0 Å². The van der Waals surface area contributed by atoms with E-state index in [-0.39, 0.29) is 11.1 Å². The summed E-state index contributed by atoms with van der Waals surface area (Å²) in [5.41, 5.74) is -0.0515. The summed E-state index contributed by atoms with van der Waals surface area (Å²) < 4.78 is 25.9. The summed E-state index contributed by atoms with van der Waals surface area (Å²) in [4.78, 5) is 0. The van der Waals surface area contributed by atoms with Crippen molar-refractivity contribution in [3.05, 3.63) is 29.3 Å². The van der Waals surface area contributed by atoms with E-state index >= 15 is 0 Å². The van der Waals surface area contributed by atoms with Crippen molar-refractivity contribution in [3.8, 4) is 5.75 Å². The summed E-state index contributed by atoms with van der Waals surface area (Å²) >= 11 is 0. The Balaban J connectivity index is 3.05. The van der Waals surface area contributed by atoms with Crippen LogP contribution < -0.4 is 5.32 Å². The first-order chi connectivity index (χ1) is 6.85. The molecule has 0 radical (unpaired) electrons. The SMILES string of the molecule is CNC(C)(C)Cc1cc(F)cc(F)c1O. The van der Waals surface area contributed by atoms with Crippen LogP contribution in [0.4, 0.5) is 8.78 Å². The summed E-state index contributed by atoms with van der Waals surface area (Å²) in [6, 6.07) is 1.82. The fourth-order valence-corrected chi connectivity index (χ4v) is 1.32. The van der Waals surface area contributed by atoms with Crippen molar-refractivity contribution in [1.82, 2.24) is 5.32 Å². The van der Waals surface area contributed by atoms with Gasteiger partial charge in [-0.3, -0.25) is 0 Å². The van der Waals surface area contributed by atoms with E-state index in [0.717, 1.165) is 6.07 Å². The van der Waals surface area contributed by atoms with Crippen LogP contribution in [0.5, 0.6) is 5.75 Å². The molecule has 0 heterocycles. The van der Waals surface area contributed by atoms with Crippen LogP contribution in [-0.4, -0.2) is 17.7 Å². The molecule has 0 spiro atoms. The maximum absolute atomic E-state index is 13.0. The first-order valence-corrected chi connectivity index (χ1v) is 4.71. The van der Waals surface area contributed by atoms with Gasteiger partial charge in [-0.25, -0.2) is 8.78 Å².